The molecule has 1 amide bonds. The van der Waals surface area contributed by atoms with Gasteiger partial charge in [0.05, 0.1) is 24.8 Å². The summed E-state index contributed by atoms with van der Waals surface area (Å²) >= 11 is 0. The zero-order valence-corrected chi connectivity index (χ0v) is 11.3. The van der Waals surface area contributed by atoms with Crippen LogP contribution in [0.4, 0.5) is 0 Å². The molecule has 0 bridgehead atoms. The number of carbonyl (C=O) groups excluding carboxylic acids is 1. The van der Waals surface area contributed by atoms with E-state index in [0.717, 1.165) is 0 Å². The Bertz CT molecular complexity index is 431. The number of amides is 1. The normalized spacial score (nSPS) is 30.1. The first-order valence-corrected chi connectivity index (χ1v) is 6.46. The van der Waals surface area contributed by atoms with E-state index in [4.69, 9.17) is 0 Å². The van der Waals surface area contributed by atoms with Gasteiger partial charge in [-0.25, -0.2) is 4.99 Å². The van der Waals surface area contributed by atoms with Crippen LogP contribution in [0.1, 0.15) is 20.8 Å². The molecule has 7 nitrogen and oxygen atoms in total. The average Bonchev–Trinajstić information content (AvgIpc) is 2.37. The van der Waals surface area contributed by atoms with Crippen molar-refractivity contribution in [2.45, 2.75) is 45.1 Å². The number of hydrogen-bond acceptors (Lipinski definition) is 6. The minimum absolute atomic E-state index is 0.119. The summed E-state index contributed by atoms with van der Waals surface area (Å²) in [5.74, 6) is 0.950. The third kappa shape index (κ3) is 2.83. The maximum absolute atomic E-state index is 12.0. The second-order valence-electron chi connectivity index (χ2n) is 5.28. The van der Waals surface area contributed by atoms with Crippen molar-refractivity contribution in [1.29, 1.82) is 0 Å². The summed E-state index contributed by atoms with van der Waals surface area (Å²) in [5, 5.41) is 24.9. The molecule has 0 radical (unpaired) electrons. The zero-order chi connectivity index (χ0) is 14.2. The third-order valence-corrected chi connectivity index (χ3v) is 3.29. The molecule has 0 fully saturated rings. The number of hydrogen-bond donors (Lipinski definition) is 4. The number of amidine groups is 2. The maximum atomic E-state index is 12.0. The first kappa shape index (κ1) is 14.1. The van der Waals surface area contributed by atoms with Gasteiger partial charge in [-0.1, -0.05) is 13.8 Å². The monoisotopic (exact) mass is 268 g/mol. The number of aliphatic imine (C=N–C) groups is 2. The molecule has 0 saturated carbocycles. The number of carbonyl (C=O) groups is 1. The molecule has 2 aliphatic rings. The van der Waals surface area contributed by atoms with E-state index in [1.54, 1.807) is 0 Å². The van der Waals surface area contributed by atoms with Gasteiger partial charge in [0.1, 0.15) is 11.9 Å². The van der Waals surface area contributed by atoms with Crippen molar-refractivity contribution in [2.24, 2.45) is 15.9 Å². The van der Waals surface area contributed by atoms with Gasteiger partial charge in [0.2, 0.25) is 5.91 Å². The van der Waals surface area contributed by atoms with E-state index in [1.165, 1.54) is 6.92 Å². The fourth-order valence-corrected chi connectivity index (χ4v) is 2.08. The molecule has 2 aliphatic heterocycles. The van der Waals surface area contributed by atoms with E-state index < -0.39 is 24.3 Å². The molecule has 2 heterocycles. The fraction of sp³-hybridized carbons (Fsp3) is 0.750. The second-order valence-corrected chi connectivity index (χ2v) is 5.28. The van der Waals surface area contributed by atoms with Gasteiger partial charge in [0.15, 0.2) is 5.84 Å². The molecule has 4 atom stereocenters. The number of nitrogens with zero attached hydrogens (tertiary/aromatic N) is 2. The van der Waals surface area contributed by atoms with Gasteiger partial charge in [0, 0.05) is 5.92 Å². The molecule has 0 spiro atoms. The highest BCUT2D eigenvalue weighted by atomic mass is 16.3. The van der Waals surface area contributed by atoms with Crippen LogP contribution < -0.4 is 10.6 Å². The van der Waals surface area contributed by atoms with Gasteiger partial charge in [-0.15, -0.1) is 0 Å². The van der Waals surface area contributed by atoms with E-state index in [2.05, 4.69) is 20.6 Å². The predicted molar refractivity (Wildman–Crippen MR) is 71.1 cm³/mol. The summed E-state index contributed by atoms with van der Waals surface area (Å²) in [5.41, 5.74) is 0. The minimum atomic E-state index is -0.964. The lowest BCUT2D eigenvalue weighted by atomic mass is 10.0. The largest absolute Gasteiger partial charge is 0.391 e. The Kier molecular flexibility index (Phi) is 3.98. The van der Waals surface area contributed by atoms with Gasteiger partial charge in [-0.2, -0.15) is 0 Å². The van der Waals surface area contributed by atoms with Gasteiger partial charge in [-0.05, 0) is 6.92 Å². The summed E-state index contributed by atoms with van der Waals surface area (Å²) in [7, 11) is 0. The Morgan fingerprint density at radius 2 is 2.00 bits per heavy atom. The Hall–Kier alpha value is -1.31. The van der Waals surface area contributed by atoms with Crippen molar-refractivity contribution in [3.05, 3.63) is 0 Å². The van der Waals surface area contributed by atoms with Crippen LogP contribution >= 0.6 is 0 Å². The molecule has 0 saturated heterocycles. The van der Waals surface area contributed by atoms with Gasteiger partial charge in [0.25, 0.3) is 0 Å². The summed E-state index contributed by atoms with van der Waals surface area (Å²) in [4.78, 5) is 20.6. The predicted octanol–water partition coefficient (Wildman–Crippen LogP) is -1.35. The number of aliphatic hydroxyl groups is 2. The molecule has 0 aromatic rings. The van der Waals surface area contributed by atoms with Crippen LogP contribution in [-0.4, -0.2) is 58.6 Å². The van der Waals surface area contributed by atoms with Crippen molar-refractivity contribution >= 4 is 17.6 Å². The van der Waals surface area contributed by atoms with Gasteiger partial charge >= 0.3 is 0 Å². The highest BCUT2D eigenvalue weighted by Gasteiger charge is 2.38. The summed E-state index contributed by atoms with van der Waals surface area (Å²) in [6, 6.07) is -1.11. The third-order valence-electron chi connectivity index (χ3n) is 3.29. The quantitative estimate of drug-likeness (QED) is 0.508. The molecule has 4 N–H and O–H groups in total. The summed E-state index contributed by atoms with van der Waals surface area (Å²) in [6.45, 7) is 5.67. The minimum Gasteiger partial charge on any atom is -0.391 e. The van der Waals surface area contributed by atoms with E-state index in [-0.39, 0.29) is 11.8 Å². The Morgan fingerprint density at radius 1 is 1.32 bits per heavy atom. The topological polar surface area (TPSA) is 106 Å². The van der Waals surface area contributed by atoms with Crippen LogP contribution in [0.25, 0.3) is 0 Å². The van der Waals surface area contributed by atoms with Crippen LogP contribution in [0, 0.1) is 5.92 Å². The molecule has 1 unspecified atom stereocenters. The number of fused-ring (bicyclic) bond motifs is 1. The molecule has 7 heteroatoms. The Balaban J connectivity index is 2.19. The number of nitrogens with one attached hydrogen (secondary N) is 2. The van der Waals surface area contributed by atoms with Crippen molar-refractivity contribution in [3.8, 4) is 0 Å². The average molecular weight is 268 g/mol. The lowest BCUT2D eigenvalue weighted by molar-refractivity contribution is -0.121. The van der Waals surface area contributed by atoms with E-state index in [0.29, 0.717) is 18.2 Å². The molecule has 106 valence electrons. The van der Waals surface area contributed by atoms with Crippen molar-refractivity contribution < 1.29 is 15.0 Å². The smallest absolute Gasteiger partial charge is 0.250 e. The summed E-state index contributed by atoms with van der Waals surface area (Å²) < 4.78 is 0. The Morgan fingerprint density at radius 3 is 2.58 bits per heavy atom. The van der Waals surface area contributed by atoms with Crippen molar-refractivity contribution in [2.75, 3.05) is 6.54 Å². The van der Waals surface area contributed by atoms with Gasteiger partial charge < -0.3 is 15.5 Å². The lowest BCUT2D eigenvalue weighted by Gasteiger charge is -2.34. The number of rotatable bonds is 3. The Labute approximate surface area is 111 Å². The SMILES string of the molecule is CC(C)C1=NC2=NC[C@H]([C@@H](O)[C@H](C)O)NC2C(=O)N1. The van der Waals surface area contributed by atoms with Gasteiger partial charge in [-0.3, -0.25) is 15.1 Å². The van der Waals surface area contributed by atoms with Crippen molar-refractivity contribution in [1.82, 2.24) is 10.6 Å². The molecule has 19 heavy (non-hydrogen) atoms. The first-order valence-electron chi connectivity index (χ1n) is 6.46. The second kappa shape index (κ2) is 5.36. The van der Waals surface area contributed by atoms with Crippen LogP contribution in [0.5, 0.6) is 0 Å². The molecule has 0 aliphatic carbocycles. The first-order chi connectivity index (χ1) is 8.90. The van der Waals surface area contributed by atoms with E-state index in [1.807, 2.05) is 13.8 Å². The maximum Gasteiger partial charge on any atom is 0.250 e. The highest BCUT2D eigenvalue weighted by molar-refractivity contribution is 6.20. The van der Waals surface area contributed by atoms with E-state index in [9.17, 15) is 15.0 Å². The van der Waals surface area contributed by atoms with Crippen LogP contribution in [0.2, 0.25) is 0 Å². The van der Waals surface area contributed by atoms with Crippen LogP contribution in [0.15, 0.2) is 9.98 Å². The molecular weight excluding hydrogens is 248 g/mol. The number of aliphatic hydroxyl groups excluding tert-OH is 2. The lowest BCUT2D eigenvalue weighted by Crippen LogP contribution is -2.63. The highest BCUT2D eigenvalue weighted by Crippen LogP contribution is 2.13. The molecule has 0 aromatic carbocycles. The standard InChI is InChI=1S/C12H20N4O3/c1-5(2)10-15-11-8(12(19)16-10)14-7(4-13-11)9(18)6(3)17/h5-9,14,17-18H,4H2,1-3H3,(H,13,15,16,19)/t6-,7+,8?,9-/m0/s1. The van der Waals surface area contributed by atoms with Crippen LogP contribution in [0.3, 0.4) is 0 Å². The van der Waals surface area contributed by atoms with Crippen molar-refractivity contribution in [3.63, 3.8) is 0 Å². The summed E-state index contributed by atoms with van der Waals surface area (Å²) in [6.07, 6.45) is -1.84. The van der Waals surface area contributed by atoms with Crippen LogP contribution in [-0.2, 0) is 4.79 Å². The van der Waals surface area contributed by atoms with E-state index >= 15 is 0 Å². The molecular formula is C12H20N4O3. The molecule has 0 aromatic heterocycles. The zero-order valence-electron chi connectivity index (χ0n) is 11.3. The molecule has 2 rings (SSSR count). The fourth-order valence-electron chi connectivity index (χ4n) is 2.08.